The summed E-state index contributed by atoms with van der Waals surface area (Å²) >= 11 is 9.32. The Morgan fingerprint density at radius 2 is 2.30 bits per heavy atom. The molecule has 0 bridgehead atoms. The minimum Gasteiger partial charge on any atom is -0.322 e. The molecule has 0 aliphatic carbocycles. The third-order valence-electron chi connectivity index (χ3n) is 3.01. The summed E-state index contributed by atoms with van der Waals surface area (Å²) in [4.78, 5) is 18.7. The minimum atomic E-state index is -0.0298. The Balaban J connectivity index is 2.10. The number of hydrogen-bond acceptors (Lipinski definition) is 3. The van der Waals surface area contributed by atoms with Crippen molar-refractivity contribution in [3.63, 3.8) is 0 Å². The van der Waals surface area contributed by atoms with E-state index in [0.29, 0.717) is 18.8 Å². The monoisotopic (exact) mass is 419 g/mol. The summed E-state index contributed by atoms with van der Waals surface area (Å²) in [6, 6.07) is 6.18. The van der Waals surface area contributed by atoms with Crippen molar-refractivity contribution in [2.24, 2.45) is 0 Å². The SMILES string of the molecule is O=c1[nH]c(Cn2c(CCCl)nc3cc(I)ccc32)cs1. The summed E-state index contributed by atoms with van der Waals surface area (Å²) in [5.74, 6) is 1.48. The topological polar surface area (TPSA) is 50.7 Å². The highest BCUT2D eigenvalue weighted by atomic mass is 127. The number of hydrogen-bond donors (Lipinski definition) is 1. The van der Waals surface area contributed by atoms with Crippen LogP contribution in [-0.4, -0.2) is 20.4 Å². The van der Waals surface area contributed by atoms with Crippen LogP contribution in [0.4, 0.5) is 0 Å². The van der Waals surface area contributed by atoms with Gasteiger partial charge in [0.25, 0.3) is 0 Å². The summed E-state index contributed by atoms with van der Waals surface area (Å²) < 4.78 is 3.27. The molecular weight excluding hydrogens is 409 g/mol. The Hall–Kier alpha value is -0.860. The van der Waals surface area contributed by atoms with Gasteiger partial charge in [-0.2, -0.15) is 0 Å². The summed E-state index contributed by atoms with van der Waals surface area (Å²) in [6.45, 7) is 0.613. The molecule has 0 aliphatic heterocycles. The molecule has 0 aliphatic rings. The molecule has 0 amide bonds. The molecule has 0 fully saturated rings. The van der Waals surface area contributed by atoms with Crippen molar-refractivity contribution in [1.82, 2.24) is 14.5 Å². The van der Waals surface area contributed by atoms with Crippen molar-refractivity contribution in [2.75, 3.05) is 5.88 Å². The molecule has 0 unspecified atom stereocenters. The highest BCUT2D eigenvalue weighted by Gasteiger charge is 2.11. The number of aryl methyl sites for hydroxylation is 1. The fourth-order valence-electron chi connectivity index (χ4n) is 2.17. The van der Waals surface area contributed by atoms with Gasteiger partial charge in [0, 0.05) is 26.9 Å². The highest BCUT2D eigenvalue weighted by molar-refractivity contribution is 14.1. The number of alkyl halides is 1. The Morgan fingerprint density at radius 3 is 3.00 bits per heavy atom. The van der Waals surface area contributed by atoms with Crippen LogP contribution in [0.5, 0.6) is 0 Å². The number of benzene rings is 1. The van der Waals surface area contributed by atoms with E-state index in [-0.39, 0.29) is 4.87 Å². The van der Waals surface area contributed by atoms with Gasteiger partial charge in [0.1, 0.15) is 5.82 Å². The molecule has 0 saturated heterocycles. The van der Waals surface area contributed by atoms with Crippen LogP contribution in [0.25, 0.3) is 11.0 Å². The number of nitrogens with zero attached hydrogens (tertiary/aromatic N) is 2. The van der Waals surface area contributed by atoms with Gasteiger partial charge in [-0.3, -0.25) is 4.79 Å². The Bertz CT molecular complexity index is 807. The zero-order valence-electron chi connectivity index (χ0n) is 10.4. The number of imidazole rings is 1. The van der Waals surface area contributed by atoms with E-state index in [2.05, 4.69) is 55.3 Å². The first-order chi connectivity index (χ1) is 9.67. The molecule has 0 atom stereocenters. The van der Waals surface area contributed by atoms with Gasteiger partial charge in [0.2, 0.25) is 0 Å². The van der Waals surface area contributed by atoms with Crippen LogP contribution in [0.15, 0.2) is 28.4 Å². The lowest BCUT2D eigenvalue weighted by Gasteiger charge is -2.06. The van der Waals surface area contributed by atoms with Gasteiger partial charge in [0.15, 0.2) is 0 Å². The van der Waals surface area contributed by atoms with E-state index in [1.807, 2.05) is 5.38 Å². The quantitative estimate of drug-likeness (QED) is 0.521. The lowest BCUT2D eigenvalue weighted by Crippen LogP contribution is -2.07. The fourth-order valence-corrected chi connectivity index (χ4v) is 3.38. The van der Waals surface area contributed by atoms with Crippen molar-refractivity contribution in [1.29, 1.82) is 0 Å². The smallest absolute Gasteiger partial charge is 0.304 e. The predicted octanol–water partition coefficient (Wildman–Crippen LogP) is 3.22. The maximum atomic E-state index is 11.3. The Morgan fingerprint density at radius 1 is 1.45 bits per heavy atom. The Labute approximate surface area is 137 Å². The van der Waals surface area contributed by atoms with Crippen molar-refractivity contribution in [2.45, 2.75) is 13.0 Å². The van der Waals surface area contributed by atoms with E-state index in [1.54, 1.807) is 0 Å². The summed E-state index contributed by atoms with van der Waals surface area (Å²) in [6.07, 6.45) is 0.710. The van der Waals surface area contributed by atoms with E-state index >= 15 is 0 Å². The number of aromatic nitrogens is 3. The standard InChI is InChI=1S/C13H11ClIN3OS/c14-4-3-12-17-10-5-8(15)1-2-11(10)18(12)6-9-7-20-13(19)16-9/h1-2,5,7H,3-4,6H2,(H,16,19). The van der Waals surface area contributed by atoms with Gasteiger partial charge in [-0.25, -0.2) is 4.98 Å². The first-order valence-corrected chi connectivity index (χ1v) is 8.54. The van der Waals surface area contributed by atoms with Crippen LogP contribution < -0.4 is 4.87 Å². The van der Waals surface area contributed by atoms with Crippen molar-refractivity contribution < 1.29 is 0 Å². The molecule has 4 nitrogen and oxygen atoms in total. The molecule has 3 aromatic rings. The van der Waals surface area contributed by atoms with Crippen molar-refractivity contribution in [3.05, 3.63) is 48.3 Å². The summed E-state index contributed by atoms with van der Waals surface area (Å²) in [5, 5.41) is 1.85. The summed E-state index contributed by atoms with van der Waals surface area (Å²) in [5.41, 5.74) is 2.93. The van der Waals surface area contributed by atoms with E-state index in [1.165, 1.54) is 11.3 Å². The zero-order valence-corrected chi connectivity index (χ0v) is 14.1. The molecule has 1 aromatic carbocycles. The van der Waals surface area contributed by atoms with Crippen LogP contribution in [0, 0.1) is 3.57 Å². The van der Waals surface area contributed by atoms with Gasteiger partial charge in [-0.1, -0.05) is 11.3 Å². The third-order valence-corrected chi connectivity index (χ3v) is 4.59. The molecule has 7 heteroatoms. The maximum Gasteiger partial charge on any atom is 0.304 e. The third kappa shape index (κ3) is 2.77. The van der Waals surface area contributed by atoms with Crippen LogP contribution in [0.2, 0.25) is 0 Å². The highest BCUT2D eigenvalue weighted by Crippen LogP contribution is 2.20. The molecular formula is C13H11ClIN3OS. The lowest BCUT2D eigenvalue weighted by molar-refractivity contribution is 0.740. The minimum absolute atomic E-state index is 0.0298. The van der Waals surface area contributed by atoms with E-state index in [0.717, 1.165) is 26.1 Å². The fraction of sp³-hybridized carbons (Fsp3) is 0.231. The lowest BCUT2D eigenvalue weighted by atomic mass is 10.3. The van der Waals surface area contributed by atoms with Gasteiger partial charge >= 0.3 is 4.87 Å². The van der Waals surface area contributed by atoms with Crippen LogP contribution in [0.3, 0.4) is 0 Å². The van der Waals surface area contributed by atoms with Gasteiger partial charge in [-0.05, 0) is 40.8 Å². The normalized spacial score (nSPS) is 11.3. The molecule has 0 saturated carbocycles. The molecule has 104 valence electrons. The number of fused-ring (bicyclic) bond motifs is 1. The van der Waals surface area contributed by atoms with E-state index in [4.69, 9.17) is 11.6 Å². The molecule has 0 spiro atoms. The Kier molecular flexibility index (Phi) is 4.13. The van der Waals surface area contributed by atoms with Crippen LogP contribution >= 0.6 is 45.5 Å². The number of aromatic amines is 1. The predicted molar refractivity (Wildman–Crippen MR) is 90.9 cm³/mol. The zero-order chi connectivity index (χ0) is 14.1. The first-order valence-electron chi connectivity index (χ1n) is 6.04. The largest absolute Gasteiger partial charge is 0.322 e. The number of thiazole rings is 1. The molecule has 0 radical (unpaired) electrons. The van der Waals surface area contributed by atoms with E-state index < -0.39 is 0 Å². The first kappa shape index (κ1) is 14.1. The van der Waals surface area contributed by atoms with Crippen molar-refractivity contribution in [3.8, 4) is 0 Å². The average molecular weight is 420 g/mol. The molecule has 1 N–H and O–H groups in total. The maximum absolute atomic E-state index is 11.3. The van der Waals surface area contributed by atoms with Gasteiger partial charge in [-0.15, -0.1) is 11.6 Å². The molecule has 2 heterocycles. The van der Waals surface area contributed by atoms with Crippen LogP contribution in [0.1, 0.15) is 11.5 Å². The second kappa shape index (κ2) is 5.87. The number of nitrogens with one attached hydrogen (secondary N) is 1. The van der Waals surface area contributed by atoms with Gasteiger partial charge < -0.3 is 9.55 Å². The van der Waals surface area contributed by atoms with Crippen LogP contribution in [-0.2, 0) is 13.0 Å². The summed E-state index contributed by atoms with van der Waals surface area (Å²) in [7, 11) is 0. The second-order valence-electron chi connectivity index (χ2n) is 4.36. The molecule has 20 heavy (non-hydrogen) atoms. The van der Waals surface area contributed by atoms with Gasteiger partial charge in [0.05, 0.1) is 17.6 Å². The molecule has 3 rings (SSSR count). The number of H-pyrrole nitrogens is 1. The van der Waals surface area contributed by atoms with Crippen molar-refractivity contribution >= 4 is 56.6 Å². The van der Waals surface area contributed by atoms with E-state index in [9.17, 15) is 4.79 Å². The number of halogens is 2. The number of rotatable bonds is 4. The average Bonchev–Trinajstić information content (AvgIpc) is 2.95. The molecule has 2 aromatic heterocycles. The second-order valence-corrected chi connectivity index (χ2v) is 6.83.